The molecular weight excluding hydrogens is 330 g/mol. The summed E-state index contributed by atoms with van der Waals surface area (Å²) in [6.45, 7) is 5.19. The minimum absolute atomic E-state index is 0.234. The zero-order valence-corrected chi connectivity index (χ0v) is 15.1. The molecule has 3 aromatic rings. The quantitative estimate of drug-likeness (QED) is 0.734. The van der Waals surface area contributed by atoms with Gasteiger partial charge in [0.1, 0.15) is 6.61 Å². The first-order valence-corrected chi connectivity index (χ1v) is 9.37. The number of fused-ring (bicyclic) bond motifs is 1. The fourth-order valence-electron chi connectivity index (χ4n) is 3.22. The average Bonchev–Trinajstić information content (AvgIpc) is 3.06. The molecule has 1 aromatic heterocycles. The molecule has 25 heavy (non-hydrogen) atoms. The van der Waals surface area contributed by atoms with E-state index in [-0.39, 0.29) is 5.75 Å². The van der Waals surface area contributed by atoms with E-state index >= 15 is 0 Å². The van der Waals surface area contributed by atoms with Gasteiger partial charge in [-0.1, -0.05) is 35.9 Å². The summed E-state index contributed by atoms with van der Waals surface area (Å²) in [7, 11) is 0. The summed E-state index contributed by atoms with van der Waals surface area (Å²) in [5.74, 6) is 0.866. The second kappa shape index (κ2) is 6.90. The monoisotopic (exact) mass is 351 g/mol. The van der Waals surface area contributed by atoms with E-state index in [4.69, 9.17) is 4.74 Å². The lowest BCUT2D eigenvalue weighted by atomic mass is 10.1. The van der Waals surface area contributed by atoms with E-state index in [1.54, 1.807) is 17.4 Å². The van der Waals surface area contributed by atoms with Crippen molar-refractivity contribution in [3.05, 3.63) is 70.6 Å². The van der Waals surface area contributed by atoms with E-state index in [0.717, 1.165) is 35.6 Å². The maximum absolute atomic E-state index is 10.4. The van der Waals surface area contributed by atoms with Gasteiger partial charge in [-0.25, -0.2) is 0 Å². The van der Waals surface area contributed by atoms with Crippen molar-refractivity contribution in [1.29, 1.82) is 0 Å². The predicted molar refractivity (Wildman–Crippen MR) is 102 cm³/mol. The van der Waals surface area contributed by atoms with Gasteiger partial charge in [0.15, 0.2) is 11.5 Å². The second-order valence-corrected chi connectivity index (χ2v) is 7.45. The molecule has 3 nitrogen and oxygen atoms in total. The number of phenolic OH excluding ortho intramolecular Hbond substituents is 1. The molecule has 0 saturated heterocycles. The van der Waals surface area contributed by atoms with Gasteiger partial charge in [0, 0.05) is 30.1 Å². The fraction of sp³-hybridized carbons (Fsp3) is 0.238. The lowest BCUT2D eigenvalue weighted by molar-refractivity contribution is 0.217. The topological polar surface area (TPSA) is 32.7 Å². The predicted octanol–water partition coefficient (Wildman–Crippen LogP) is 4.82. The van der Waals surface area contributed by atoms with Gasteiger partial charge < -0.3 is 9.84 Å². The third kappa shape index (κ3) is 3.55. The largest absolute Gasteiger partial charge is 0.504 e. The Morgan fingerprint density at radius 2 is 2.00 bits per heavy atom. The Morgan fingerprint density at radius 1 is 1.16 bits per heavy atom. The van der Waals surface area contributed by atoms with Gasteiger partial charge in [-0.2, -0.15) is 0 Å². The highest BCUT2D eigenvalue weighted by molar-refractivity contribution is 7.13. The molecule has 0 spiro atoms. The van der Waals surface area contributed by atoms with E-state index in [1.165, 1.54) is 11.1 Å². The standard InChI is InChI=1S/C21H21NO2S/c1-15-4-6-16(7-5-15)13-22-8-9-24-21-18(14-22)11-17(12-19(21)23)20-3-2-10-25-20/h2-7,10-12,23H,8-9,13-14H2,1H3. The van der Waals surface area contributed by atoms with E-state index in [9.17, 15) is 5.11 Å². The van der Waals surface area contributed by atoms with Crippen LogP contribution in [0.1, 0.15) is 16.7 Å². The third-order valence-electron chi connectivity index (χ3n) is 4.53. The normalized spacial score (nSPS) is 14.6. The van der Waals surface area contributed by atoms with Gasteiger partial charge in [0.05, 0.1) is 0 Å². The first kappa shape index (κ1) is 16.2. The van der Waals surface area contributed by atoms with Crippen molar-refractivity contribution in [1.82, 2.24) is 4.90 Å². The van der Waals surface area contributed by atoms with Crippen LogP contribution in [0.3, 0.4) is 0 Å². The number of hydrogen-bond donors (Lipinski definition) is 1. The lowest BCUT2D eigenvalue weighted by Crippen LogP contribution is -2.25. The van der Waals surface area contributed by atoms with Crippen LogP contribution in [-0.2, 0) is 13.1 Å². The molecule has 1 aliphatic rings. The molecule has 0 fully saturated rings. The molecule has 0 aliphatic carbocycles. The summed E-state index contributed by atoms with van der Waals surface area (Å²) >= 11 is 1.68. The Hall–Kier alpha value is -2.30. The van der Waals surface area contributed by atoms with Crippen molar-refractivity contribution in [3.8, 4) is 21.9 Å². The van der Waals surface area contributed by atoms with Gasteiger partial charge in [0.2, 0.25) is 0 Å². The van der Waals surface area contributed by atoms with Crippen LogP contribution < -0.4 is 4.74 Å². The van der Waals surface area contributed by atoms with Crippen molar-refractivity contribution >= 4 is 11.3 Å². The molecule has 1 N–H and O–H groups in total. The maximum atomic E-state index is 10.4. The number of rotatable bonds is 3. The van der Waals surface area contributed by atoms with Gasteiger partial charge >= 0.3 is 0 Å². The Bertz CT molecular complexity index is 856. The molecule has 128 valence electrons. The second-order valence-electron chi connectivity index (χ2n) is 6.51. The molecule has 0 amide bonds. The summed E-state index contributed by atoms with van der Waals surface area (Å²) in [6, 6.07) is 16.7. The number of phenols is 1. The first-order valence-electron chi connectivity index (χ1n) is 8.49. The van der Waals surface area contributed by atoms with Crippen molar-refractivity contribution < 1.29 is 9.84 Å². The van der Waals surface area contributed by atoms with E-state index in [0.29, 0.717) is 12.4 Å². The van der Waals surface area contributed by atoms with Crippen LogP contribution in [0.25, 0.3) is 10.4 Å². The van der Waals surface area contributed by atoms with Crippen molar-refractivity contribution in [2.45, 2.75) is 20.0 Å². The maximum Gasteiger partial charge on any atom is 0.165 e. The zero-order chi connectivity index (χ0) is 17.2. The number of nitrogens with zero attached hydrogens (tertiary/aromatic N) is 1. The van der Waals surface area contributed by atoms with Gasteiger partial charge in [-0.15, -0.1) is 11.3 Å². The van der Waals surface area contributed by atoms with Crippen LogP contribution in [0, 0.1) is 6.92 Å². The highest BCUT2D eigenvalue weighted by Gasteiger charge is 2.20. The summed E-state index contributed by atoms with van der Waals surface area (Å²) in [5.41, 5.74) is 4.67. The molecule has 1 aliphatic heterocycles. The lowest BCUT2D eigenvalue weighted by Gasteiger charge is -2.19. The number of hydrogen-bond acceptors (Lipinski definition) is 4. The number of aryl methyl sites for hydroxylation is 1. The fourth-order valence-corrected chi connectivity index (χ4v) is 3.94. The van der Waals surface area contributed by atoms with Gasteiger partial charge in [0.25, 0.3) is 0 Å². The van der Waals surface area contributed by atoms with Crippen LogP contribution in [0.4, 0.5) is 0 Å². The zero-order valence-electron chi connectivity index (χ0n) is 14.2. The van der Waals surface area contributed by atoms with Crippen LogP contribution in [-0.4, -0.2) is 23.2 Å². The highest BCUT2D eigenvalue weighted by atomic mass is 32.1. The molecule has 0 bridgehead atoms. The third-order valence-corrected chi connectivity index (χ3v) is 5.45. The van der Waals surface area contributed by atoms with E-state index in [1.807, 2.05) is 6.07 Å². The molecule has 4 rings (SSSR count). The number of aromatic hydroxyl groups is 1. The van der Waals surface area contributed by atoms with Crippen LogP contribution in [0.2, 0.25) is 0 Å². The van der Waals surface area contributed by atoms with Crippen LogP contribution >= 0.6 is 11.3 Å². The molecule has 0 atom stereocenters. The molecule has 0 saturated carbocycles. The Balaban J connectivity index is 1.61. The minimum Gasteiger partial charge on any atom is -0.504 e. The Kier molecular flexibility index (Phi) is 4.47. The summed E-state index contributed by atoms with van der Waals surface area (Å²) < 4.78 is 5.85. The summed E-state index contributed by atoms with van der Waals surface area (Å²) in [5, 5.41) is 12.5. The molecule has 2 aromatic carbocycles. The highest BCUT2D eigenvalue weighted by Crippen LogP contribution is 2.38. The molecular formula is C21H21NO2S. The molecule has 0 radical (unpaired) electrons. The molecule has 0 unspecified atom stereocenters. The van der Waals surface area contributed by atoms with Crippen molar-refractivity contribution in [2.75, 3.05) is 13.2 Å². The summed E-state index contributed by atoms with van der Waals surface area (Å²) in [4.78, 5) is 3.53. The van der Waals surface area contributed by atoms with Gasteiger partial charge in [-0.3, -0.25) is 4.90 Å². The first-order chi connectivity index (χ1) is 12.2. The Labute approximate surface area is 152 Å². The average molecular weight is 351 g/mol. The smallest absolute Gasteiger partial charge is 0.165 e. The molecule has 4 heteroatoms. The van der Waals surface area contributed by atoms with Crippen molar-refractivity contribution in [2.24, 2.45) is 0 Å². The van der Waals surface area contributed by atoms with E-state index < -0.39 is 0 Å². The van der Waals surface area contributed by atoms with Gasteiger partial charge in [-0.05, 0) is 41.6 Å². The number of benzene rings is 2. The van der Waals surface area contributed by atoms with E-state index in [2.05, 4.69) is 53.6 Å². The SMILES string of the molecule is Cc1ccc(CN2CCOc3c(O)cc(-c4cccs4)cc3C2)cc1. The molecule has 2 heterocycles. The summed E-state index contributed by atoms with van der Waals surface area (Å²) in [6.07, 6.45) is 0. The number of thiophene rings is 1. The van der Waals surface area contributed by atoms with Crippen LogP contribution in [0.15, 0.2) is 53.9 Å². The number of ether oxygens (including phenoxy) is 1. The minimum atomic E-state index is 0.234. The van der Waals surface area contributed by atoms with Crippen molar-refractivity contribution in [3.63, 3.8) is 0 Å². The van der Waals surface area contributed by atoms with Crippen LogP contribution in [0.5, 0.6) is 11.5 Å². The Morgan fingerprint density at radius 3 is 2.76 bits per heavy atom.